The molecule has 2 aliphatic rings. The Hall–Kier alpha value is -1.58. The molecule has 0 saturated carbocycles. The van der Waals surface area contributed by atoms with E-state index in [1.54, 1.807) is 12.0 Å². The summed E-state index contributed by atoms with van der Waals surface area (Å²) in [6.45, 7) is 14.7. The highest BCUT2D eigenvalue weighted by Crippen LogP contribution is 2.16. The number of nitrogens with zero attached hydrogens (tertiary/aromatic N) is 4. The Balaban J connectivity index is 1.62. The van der Waals surface area contributed by atoms with Crippen LogP contribution in [-0.2, 0) is 14.2 Å². The van der Waals surface area contributed by atoms with E-state index in [1.807, 2.05) is 27.8 Å². The third-order valence-electron chi connectivity index (χ3n) is 5.32. The number of hydrogen-bond donors (Lipinski definition) is 1. The van der Waals surface area contributed by atoms with Crippen molar-refractivity contribution in [3.8, 4) is 0 Å². The predicted octanol–water partition coefficient (Wildman–Crippen LogP) is 1.10. The molecule has 0 bridgehead atoms. The van der Waals surface area contributed by atoms with Crippen LogP contribution in [0.5, 0.6) is 0 Å². The Morgan fingerprint density at radius 1 is 1.10 bits per heavy atom. The topological polar surface area (TPSA) is 78.9 Å². The monoisotopic (exact) mass is 427 g/mol. The van der Waals surface area contributed by atoms with E-state index >= 15 is 0 Å². The van der Waals surface area contributed by atoms with Gasteiger partial charge in [-0.25, -0.2) is 4.79 Å². The molecule has 0 aromatic heterocycles. The van der Waals surface area contributed by atoms with Crippen molar-refractivity contribution in [1.82, 2.24) is 20.0 Å². The molecular formula is C21H41N5O4. The Labute approximate surface area is 181 Å². The summed E-state index contributed by atoms with van der Waals surface area (Å²) in [4.78, 5) is 23.1. The molecule has 2 saturated heterocycles. The Bertz CT molecular complexity index is 544. The van der Waals surface area contributed by atoms with Crippen LogP contribution in [0, 0.1) is 5.92 Å². The van der Waals surface area contributed by atoms with Crippen molar-refractivity contribution in [3.05, 3.63) is 0 Å². The van der Waals surface area contributed by atoms with Crippen LogP contribution in [0.2, 0.25) is 0 Å². The van der Waals surface area contributed by atoms with E-state index in [1.165, 1.54) is 0 Å². The van der Waals surface area contributed by atoms with Crippen molar-refractivity contribution in [2.75, 3.05) is 86.3 Å². The highest BCUT2D eigenvalue weighted by Gasteiger charge is 2.27. The molecule has 0 aliphatic carbocycles. The summed E-state index contributed by atoms with van der Waals surface area (Å²) in [6.07, 6.45) is 0.913. The normalized spacial score (nSPS) is 21.2. The second-order valence-electron chi connectivity index (χ2n) is 8.95. The number of rotatable bonds is 8. The number of guanidine groups is 1. The molecule has 1 atom stereocenters. The van der Waals surface area contributed by atoms with Gasteiger partial charge in [-0.3, -0.25) is 9.89 Å². The number of nitrogens with one attached hydrogen (secondary N) is 1. The van der Waals surface area contributed by atoms with E-state index < -0.39 is 5.60 Å². The molecule has 1 unspecified atom stereocenters. The third kappa shape index (κ3) is 8.65. The molecule has 2 heterocycles. The van der Waals surface area contributed by atoms with Crippen LogP contribution < -0.4 is 5.32 Å². The Morgan fingerprint density at radius 3 is 2.47 bits per heavy atom. The second-order valence-corrected chi connectivity index (χ2v) is 8.95. The molecule has 0 aromatic rings. The van der Waals surface area contributed by atoms with Gasteiger partial charge in [0.05, 0.1) is 19.8 Å². The van der Waals surface area contributed by atoms with Gasteiger partial charge >= 0.3 is 6.09 Å². The van der Waals surface area contributed by atoms with Crippen LogP contribution in [-0.4, -0.2) is 119 Å². The molecule has 0 radical (unpaired) electrons. The average Bonchev–Trinajstić information content (AvgIpc) is 3.16. The number of aliphatic imine (C=N–C) groups is 1. The van der Waals surface area contributed by atoms with Crippen molar-refractivity contribution >= 4 is 12.1 Å². The summed E-state index contributed by atoms with van der Waals surface area (Å²) < 4.78 is 16.2. The smallest absolute Gasteiger partial charge is 0.410 e. The number of amides is 1. The van der Waals surface area contributed by atoms with Crippen molar-refractivity contribution in [2.45, 2.75) is 32.8 Å². The molecule has 9 nitrogen and oxygen atoms in total. The summed E-state index contributed by atoms with van der Waals surface area (Å²) in [7, 11) is 3.53. The first-order valence-electron chi connectivity index (χ1n) is 11.0. The number of hydrogen-bond acceptors (Lipinski definition) is 6. The van der Waals surface area contributed by atoms with Gasteiger partial charge in [0, 0.05) is 72.4 Å². The Kier molecular flexibility index (Phi) is 10.1. The van der Waals surface area contributed by atoms with E-state index in [0.717, 1.165) is 58.3 Å². The lowest BCUT2D eigenvalue weighted by molar-refractivity contribution is 0.0147. The number of piperazine rings is 1. The zero-order valence-electron chi connectivity index (χ0n) is 19.5. The number of likely N-dealkylation sites (tertiary alicyclic amines) is 1. The molecule has 30 heavy (non-hydrogen) atoms. The fourth-order valence-corrected chi connectivity index (χ4v) is 3.69. The average molecular weight is 428 g/mol. The minimum absolute atomic E-state index is 0.213. The predicted molar refractivity (Wildman–Crippen MR) is 118 cm³/mol. The number of ether oxygens (including phenoxy) is 3. The van der Waals surface area contributed by atoms with Crippen LogP contribution in [0.1, 0.15) is 27.2 Å². The van der Waals surface area contributed by atoms with Gasteiger partial charge in [-0.1, -0.05) is 0 Å². The third-order valence-corrected chi connectivity index (χ3v) is 5.32. The summed E-state index contributed by atoms with van der Waals surface area (Å²) in [5.41, 5.74) is -0.446. The first-order valence-corrected chi connectivity index (χ1v) is 11.0. The number of carbonyl (C=O) groups is 1. The largest absolute Gasteiger partial charge is 0.444 e. The summed E-state index contributed by atoms with van der Waals surface area (Å²) in [6, 6.07) is 0. The van der Waals surface area contributed by atoms with Gasteiger partial charge in [-0.05, 0) is 27.2 Å². The molecule has 1 N–H and O–H groups in total. The molecule has 2 fully saturated rings. The molecule has 1 amide bonds. The zero-order chi connectivity index (χ0) is 22.0. The second kappa shape index (κ2) is 12.3. The molecule has 2 aliphatic heterocycles. The molecule has 0 aromatic carbocycles. The van der Waals surface area contributed by atoms with Crippen LogP contribution in [0.3, 0.4) is 0 Å². The highest BCUT2D eigenvalue weighted by atomic mass is 16.6. The van der Waals surface area contributed by atoms with Crippen LogP contribution in [0.4, 0.5) is 4.79 Å². The van der Waals surface area contributed by atoms with Gasteiger partial charge in [0.15, 0.2) is 5.96 Å². The van der Waals surface area contributed by atoms with E-state index in [2.05, 4.69) is 20.1 Å². The fourth-order valence-electron chi connectivity index (χ4n) is 3.69. The van der Waals surface area contributed by atoms with Gasteiger partial charge in [-0.2, -0.15) is 0 Å². The summed E-state index contributed by atoms with van der Waals surface area (Å²) in [5.74, 6) is 1.50. The quantitative estimate of drug-likeness (QED) is 0.353. The molecular weight excluding hydrogens is 386 g/mol. The van der Waals surface area contributed by atoms with E-state index in [0.29, 0.717) is 32.2 Å². The maximum Gasteiger partial charge on any atom is 0.410 e. The van der Waals surface area contributed by atoms with Crippen molar-refractivity contribution in [3.63, 3.8) is 0 Å². The Morgan fingerprint density at radius 2 is 1.83 bits per heavy atom. The SMILES string of the molecule is CN=C(NCCN1CCN(C(=O)OC(C)(C)C)CC1)N1CCC(COCCOC)C1. The van der Waals surface area contributed by atoms with E-state index in [4.69, 9.17) is 14.2 Å². The van der Waals surface area contributed by atoms with Crippen LogP contribution in [0.25, 0.3) is 0 Å². The lowest BCUT2D eigenvalue weighted by Gasteiger charge is -2.35. The van der Waals surface area contributed by atoms with Crippen molar-refractivity contribution < 1.29 is 19.0 Å². The van der Waals surface area contributed by atoms with Gasteiger partial charge in [0.2, 0.25) is 0 Å². The van der Waals surface area contributed by atoms with Gasteiger partial charge in [-0.15, -0.1) is 0 Å². The van der Waals surface area contributed by atoms with Crippen LogP contribution >= 0.6 is 0 Å². The molecule has 9 heteroatoms. The first kappa shape index (κ1) is 24.7. The van der Waals surface area contributed by atoms with Crippen molar-refractivity contribution in [1.29, 1.82) is 0 Å². The van der Waals surface area contributed by atoms with Gasteiger partial charge < -0.3 is 29.3 Å². The standard InChI is InChI=1S/C21H41N5O4/c1-21(2,3)30-20(27)25-12-10-24(11-13-25)9-7-23-19(22-4)26-8-6-18(16-26)17-29-15-14-28-5/h18H,6-17H2,1-5H3,(H,22,23). The fraction of sp³-hybridized carbons (Fsp3) is 0.905. The summed E-state index contributed by atoms with van der Waals surface area (Å²) in [5, 5.41) is 3.49. The van der Waals surface area contributed by atoms with E-state index in [-0.39, 0.29) is 6.09 Å². The van der Waals surface area contributed by atoms with Gasteiger partial charge in [0.1, 0.15) is 5.60 Å². The molecule has 174 valence electrons. The van der Waals surface area contributed by atoms with Crippen LogP contribution in [0.15, 0.2) is 4.99 Å². The highest BCUT2D eigenvalue weighted by molar-refractivity contribution is 5.80. The molecule has 0 spiro atoms. The van der Waals surface area contributed by atoms with Gasteiger partial charge in [0.25, 0.3) is 0 Å². The number of methoxy groups -OCH3 is 1. The lowest BCUT2D eigenvalue weighted by Crippen LogP contribution is -2.51. The maximum absolute atomic E-state index is 12.2. The minimum Gasteiger partial charge on any atom is -0.444 e. The maximum atomic E-state index is 12.2. The zero-order valence-corrected chi connectivity index (χ0v) is 19.5. The summed E-state index contributed by atoms with van der Waals surface area (Å²) >= 11 is 0. The van der Waals surface area contributed by atoms with E-state index in [9.17, 15) is 4.79 Å². The first-order chi connectivity index (χ1) is 14.3. The molecule has 2 rings (SSSR count). The lowest BCUT2D eigenvalue weighted by atomic mass is 10.1. The minimum atomic E-state index is -0.446. The number of carbonyl (C=O) groups excluding carboxylic acids is 1. The van der Waals surface area contributed by atoms with Crippen molar-refractivity contribution in [2.24, 2.45) is 10.9 Å².